The number of aromatic nitrogens is 3. The molecule has 0 saturated heterocycles. The van der Waals surface area contributed by atoms with Crippen LogP contribution in [0.1, 0.15) is 21.6 Å². The van der Waals surface area contributed by atoms with Gasteiger partial charge in [0.15, 0.2) is 0 Å². The van der Waals surface area contributed by atoms with Crippen molar-refractivity contribution in [3.8, 4) is 5.88 Å². The van der Waals surface area contributed by atoms with Gasteiger partial charge in [-0.2, -0.15) is 0 Å². The first-order valence-corrected chi connectivity index (χ1v) is 7.35. The van der Waals surface area contributed by atoms with E-state index in [0.717, 1.165) is 5.56 Å². The minimum Gasteiger partial charge on any atom is -0.481 e. The van der Waals surface area contributed by atoms with Crippen LogP contribution in [0.3, 0.4) is 0 Å². The van der Waals surface area contributed by atoms with Crippen molar-refractivity contribution in [2.75, 3.05) is 7.11 Å². The average Bonchev–Trinajstić information content (AvgIpc) is 2.61. The first-order chi connectivity index (χ1) is 11.6. The van der Waals surface area contributed by atoms with Gasteiger partial charge >= 0.3 is 0 Å². The maximum Gasteiger partial charge on any atom is 0.270 e. The summed E-state index contributed by atoms with van der Waals surface area (Å²) >= 11 is 0. The van der Waals surface area contributed by atoms with Gasteiger partial charge < -0.3 is 10.1 Å². The van der Waals surface area contributed by atoms with E-state index in [2.05, 4.69) is 15.3 Å². The number of rotatable bonds is 4. The van der Waals surface area contributed by atoms with Crippen molar-refractivity contribution in [3.05, 3.63) is 69.9 Å². The van der Waals surface area contributed by atoms with Crippen LogP contribution in [0.15, 0.2) is 47.5 Å². The topological polar surface area (TPSA) is 85.6 Å². The standard InChI is InChI=1S/C17H16N4O3/c1-11-5-4-8-21-15(11)18-10-13(17(21)23)16(22)19-9-12-6-3-7-14(20-12)24-2/h3-8,10H,9H2,1-2H3,(H,19,22). The van der Waals surface area contributed by atoms with Gasteiger partial charge in [0, 0.05) is 18.5 Å². The van der Waals surface area contributed by atoms with Gasteiger partial charge in [-0.3, -0.25) is 14.0 Å². The number of nitrogens with zero attached hydrogens (tertiary/aromatic N) is 3. The second-order valence-electron chi connectivity index (χ2n) is 5.22. The molecule has 0 radical (unpaired) electrons. The molecule has 0 saturated carbocycles. The Labute approximate surface area is 138 Å². The number of fused-ring (bicyclic) bond motifs is 1. The van der Waals surface area contributed by atoms with Gasteiger partial charge in [0.1, 0.15) is 11.2 Å². The number of carbonyl (C=O) groups excluding carboxylic acids is 1. The Morgan fingerprint density at radius 3 is 2.92 bits per heavy atom. The van der Waals surface area contributed by atoms with Crippen molar-refractivity contribution < 1.29 is 9.53 Å². The number of hydrogen-bond donors (Lipinski definition) is 1. The van der Waals surface area contributed by atoms with Gasteiger partial charge in [-0.25, -0.2) is 9.97 Å². The van der Waals surface area contributed by atoms with Gasteiger partial charge in [0.25, 0.3) is 11.5 Å². The lowest BCUT2D eigenvalue weighted by atomic mass is 10.2. The van der Waals surface area contributed by atoms with E-state index in [0.29, 0.717) is 17.2 Å². The van der Waals surface area contributed by atoms with Gasteiger partial charge in [-0.15, -0.1) is 0 Å². The molecule has 0 aliphatic rings. The van der Waals surface area contributed by atoms with Gasteiger partial charge in [0.2, 0.25) is 5.88 Å². The van der Waals surface area contributed by atoms with E-state index in [4.69, 9.17) is 4.74 Å². The summed E-state index contributed by atoms with van der Waals surface area (Å²) in [7, 11) is 1.52. The fourth-order valence-corrected chi connectivity index (χ4v) is 2.34. The van der Waals surface area contributed by atoms with Crippen molar-refractivity contribution >= 4 is 11.6 Å². The number of hydrogen-bond acceptors (Lipinski definition) is 5. The summed E-state index contributed by atoms with van der Waals surface area (Å²) in [5, 5.41) is 2.68. The van der Waals surface area contributed by atoms with Gasteiger partial charge in [-0.05, 0) is 24.6 Å². The highest BCUT2D eigenvalue weighted by atomic mass is 16.5. The zero-order valence-corrected chi connectivity index (χ0v) is 13.3. The van der Waals surface area contributed by atoms with E-state index in [1.54, 1.807) is 30.5 Å². The van der Waals surface area contributed by atoms with Crippen molar-refractivity contribution in [1.29, 1.82) is 0 Å². The summed E-state index contributed by atoms with van der Waals surface area (Å²) in [5.74, 6) is -0.0299. The van der Waals surface area contributed by atoms with Crippen LogP contribution in [0, 0.1) is 6.92 Å². The fraction of sp³-hybridized carbons (Fsp3) is 0.176. The molecular weight excluding hydrogens is 308 g/mol. The largest absolute Gasteiger partial charge is 0.481 e. The molecule has 0 aliphatic heterocycles. The monoisotopic (exact) mass is 324 g/mol. The molecule has 24 heavy (non-hydrogen) atoms. The van der Waals surface area contributed by atoms with Gasteiger partial charge in [0.05, 0.1) is 19.3 Å². The smallest absolute Gasteiger partial charge is 0.270 e. The predicted octanol–water partition coefficient (Wildman–Crippen LogP) is 1.34. The Morgan fingerprint density at radius 1 is 1.29 bits per heavy atom. The van der Waals surface area contributed by atoms with E-state index in [9.17, 15) is 9.59 Å². The maximum absolute atomic E-state index is 12.5. The van der Waals surface area contributed by atoms with Crippen LogP contribution in [0.2, 0.25) is 0 Å². The lowest BCUT2D eigenvalue weighted by Crippen LogP contribution is -2.31. The number of aryl methyl sites for hydroxylation is 1. The Kier molecular flexibility index (Phi) is 4.24. The van der Waals surface area contributed by atoms with Crippen molar-refractivity contribution in [2.24, 2.45) is 0 Å². The Balaban J connectivity index is 1.84. The second kappa shape index (κ2) is 6.49. The third-order valence-corrected chi connectivity index (χ3v) is 3.59. The number of amides is 1. The lowest BCUT2D eigenvalue weighted by Gasteiger charge is -2.07. The van der Waals surface area contributed by atoms with Crippen LogP contribution in [0.25, 0.3) is 5.65 Å². The van der Waals surface area contributed by atoms with Crippen molar-refractivity contribution in [2.45, 2.75) is 13.5 Å². The molecule has 3 rings (SSSR count). The first-order valence-electron chi connectivity index (χ1n) is 7.35. The Hall–Kier alpha value is -3.22. The Bertz CT molecular complexity index is 965. The van der Waals surface area contributed by atoms with E-state index in [1.807, 2.05) is 13.0 Å². The molecule has 122 valence electrons. The van der Waals surface area contributed by atoms with Crippen molar-refractivity contribution in [1.82, 2.24) is 19.7 Å². The highest BCUT2D eigenvalue weighted by Crippen LogP contribution is 2.07. The predicted molar refractivity (Wildman–Crippen MR) is 88.2 cm³/mol. The van der Waals surface area contributed by atoms with Crippen LogP contribution in [0.5, 0.6) is 5.88 Å². The summed E-state index contributed by atoms with van der Waals surface area (Å²) in [6, 6.07) is 8.86. The normalized spacial score (nSPS) is 10.6. The quantitative estimate of drug-likeness (QED) is 0.782. The minimum atomic E-state index is -0.493. The molecule has 0 aromatic carbocycles. The maximum atomic E-state index is 12.5. The van der Waals surface area contributed by atoms with Crippen LogP contribution < -0.4 is 15.6 Å². The number of pyridine rings is 2. The average molecular weight is 324 g/mol. The molecule has 0 aliphatic carbocycles. The summed E-state index contributed by atoms with van der Waals surface area (Å²) in [5.41, 5.74) is 1.61. The molecule has 1 amide bonds. The third-order valence-electron chi connectivity index (χ3n) is 3.59. The van der Waals surface area contributed by atoms with E-state index in [1.165, 1.54) is 17.7 Å². The van der Waals surface area contributed by atoms with E-state index < -0.39 is 11.5 Å². The first kappa shape index (κ1) is 15.7. The second-order valence-corrected chi connectivity index (χ2v) is 5.22. The van der Waals surface area contributed by atoms with Crippen LogP contribution in [-0.4, -0.2) is 27.4 Å². The summed E-state index contributed by atoms with van der Waals surface area (Å²) in [6.07, 6.45) is 2.90. The summed E-state index contributed by atoms with van der Waals surface area (Å²) in [6.45, 7) is 2.04. The molecule has 0 unspecified atom stereocenters. The number of nitrogens with one attached hydrogen (secondary N) is 1. The highest BCUT2D eigenvalue weighted by Gasteiger charge is 2.14. The summed E-state index contributed by atoms with van der Waals surface area (Å²) in [4.78, 5) is 33.2. The number of carbonyl (C=O) groups is 1. The number of ether oxygens (including phenoxy) is 1. The van der Waals surface area contributed by atoms with Gasteiger partial charge in [-0.1, -0.05) is 12.1 Å². The molecule has 0 atom stereocenters. The highest BCUT2D eigenvalue weighted by molar-refractivity contribution is 5.93. The fourth-order valence-electron chi connectivity index (χ4n) is 2.34. The molecular formula is C17H16N4O3. The molecule has 1 N–H and O–H groups in total. The zero-order chi connectivity index (χ0) is 17.1. The van der Waals surface area contributed by atoms with E-state index >= 15 is 0 Å². The molecule has 7 heteroatoms. The SMILES string of the molecule is COc1cccc(CNC(=O)c2cnc3c(C)cccn3c2=O)n1. The Morgan fingerprint density at radius 2 is 2.12 bits per heavy atom. The number of methoxy groups -OCH3 is 1. The van der Waals surface area contributed by atoms with Crippen LogP contribution in [0.4, 0.5) is 0 Å². The molecule has 0 fully saturated rings. The third kappa shape index (κ3) is 2.96. The minimum absolute atomic E-state index is 0.0130. The molecule has 0 spiro atoms. The van der Waals surface area contributed by atoms with E-state index in [-0.39, 0.29) is 12.1 Å². The summed E-state index contributed by atoms with van der Waals surface area (Å²) < 4.78 is 6.41. The van der Waals surface area contributed by atoms with Crippen LogP contribution in [-0.2, 0) is 6.54 Å². The molecule has 3 aromatic heterocycles. The molecule has 7 nitrogen and oxygen atoms in total. The molecule has 3 heterocycles. The zero-order valence-electron chi connectivity index (χ0n) is 13.3. The molecule has 0 bridgehead atoms. The molecule has 3 aromatic rings. The lowest BCUT2D eigenvalue weighted by molar-refractivity contribution is 0.0948. The van der Waals surface area contributed by atoms with Crippen molar-refractivity contribution in [3.63, 3.8) is 0 Å². The van der Waals surface area contributed by atoms with Crippen LogP contribution >= 0.6 is 0 Å².